The fraction of sp³-hybridized carbons (Fsp3) is 0.769. The molecule has 1 unspecified atom stereocenters. The van der Waals surface area contributed by atoms with Gasteiger partial charge in [0.05, 0.1) is 6.61 Å². The summed E-state index contributed by atoms with van der Waals surface area (Å²) in [5.41, 5.74) is 0. The van der Waals surface area contributed by atoms with Crippen molar-refractivity contribution in [3.63, 3.8) is 0 Å². The van der Waals surface area contributed by atoms with E-state index < -0.39 is 0 Å². The SMILES string of the molecule is CCCNc1nc(NC(C)CCOC)nc(OCC)n1. The lowest BCUT2D eigenvalue weighted by atomic mass is 10.2. The number of ether oxygens (including phenoxy) is 2. The number of aromatic nitrogens is 3. The van der Waals surface area contributed by atoms with Crippen molar-refractivity contribution in [3.05, 3.63) is 0 Å². The molecule has 0 aliphatic heterocycles. The fourth-order valence-corrected chi connectivity index (χ4v) is 1.52. The van der Waals surface area contributed by atoms with Crippen LogP contribution in [0.1, 0.15) is 33.6 Å². The van der Waals surface area contributed by atoms with E-state index in [0.717, 1.165) is 19.4 Å². The molecule has 0 spiro atoms. The molecule has 1 atom stereocenters. The van der Waals surface area contributed by atoms with Crippen molar-refractivity contribution < 1.29 is 9.47 Å². The molecule has 7 heteroatoms. The molecule has 0 amide bonds. The van der Waals surface area contributed by atoms with E-state index in [-0.39, 0.29) is 6.04 Å². The van der Waals surface area contributed by atoms with Crippen LogP contribution in [0.3, 0.4) is 0 Å². The molecule has 0 saturated carbocycles. The maximum Gasteiger partial charge on any atom is 0.323 e. The Morgan fingerprint density at radius 1 is 1.15 bits per heavy atom. The zero-order chi connectivity index (χ0) is 14.8. The molecule has 0 saturated heterocycles. The molecular weight excluding hydrogens is 258 g/mol. The second-order valence-electron chi connectivity index (χ2n) is 4.45. The van der Waals surface area contributed by atoms with Crippen molar-refractivity contribution in [1.82, 2.24) is 15.0 Å². The number of nitrogens with one attached hydrogen (secondary N) is 2. The topological polar surface area (TPSA) is 81.2 Å². The molecule has 114 valence electrons. The Kier molecular flexibility index (Phi) is 7.64. The lowest BCUT2D eigenvalue weighted by Gasteiger charge is -2.14. The molecule has 0 aromatic carbocycles. The van der Waals surface area contributed by atoms with Gasteiger partial charge < -0.3 is 20.1 Å². The number of hydrogen-bond acceptors (Lipinski definition) is 7. The zero-order valence-corrected chi connectivity index (χ0v) is 12.8. The highest BCUT2D eigenvalue weighted by Gasteiger charge is 2.09. The van der Waals surface area contributed by atoms with E-state index >= 15 is 0 Å². The number of methoxy groups -OCH3 is 1. The van der Waals surface area contributed by atoms with E-state index in [1.807, 2.05) is 6.92 Å². The van der Waals surface area contributed by atoms with E-state index in [9.17, 15) is 0 Å². The maximum absolute atomic E-state index is 5.36. The largest absolute Gasteiger partial charge is 0.464 e. The summed E-state index contributed by atoms with van der Waals surface area (Å²) in [5.74, 6) is 1.05. The van der Waals surface area contributed by atoms with Gasteiger partial charge in [0.15, 0.2) is 0 Å². The molecule has 1 aromatic rings. The van der Waals surface area contributed by atoms with E-state index in [1.165, 1.54) is 0 Å². The van der Waals surface area contributed by atoms with Gasteiger partial charge in [-0.1, -0.05) is 6.92 Å². The monoisotopic (exact) mass is 283 g/mol. The van der Waals surface area contributed by atoms with Crippen molar-refractivity contribution in [3.8, 4) is 6.01 Å². The normalized spacial score (nSPS) is 12.0. The summed E-state index contributed by atoms with van der Waals surface area (Å²) in [6, 6.07) is 0.549. The molecule has 1 aromatic heterocycles. The van der Waals surface area contributed by atoms with Crippen molar-refractivity contribution >= 4 is 11.9 Å². The lowest BCUT2D eigenvalue weighted by molar-refractivity contribution is 0.191. The molecule has 0 aliphatic carbocycles. The summed E-state index contributed by atoms with van der Waals surface area (Å²) in [6.45, 7) is 8.08. The molecule has 0 aliphatic rings. The van der Waals surface area contributed by atoms with Crippen molar-refractivity contribution in [2.45, 2.75) is 39.7 Å². The first kappa shape index (κ1) is 16.4. The van der Waals surface area contributed by atoms with Gasteiger partial charge in [0, 0.05) is 26.3 Å². The van der Waals surface area contributed by atoms with Crippen LogP contribution in [0.4, 0.5) is 11.9 Å². The number of nitrogens with zero attached hydrogens (tertiary/aromatic N) is 3. The van der Waals surface area contributed by atoms with Gasteiger partial charge in [0.1, 0.15) is 0 Å². The Labute approximate surface area is 120 Å². The third-order valence-electron chi connectivity index (χ3n) is 2.55. The molecule has 7 nitrogen and oxygen atoms in total. The van der Waals surface area contributed by atoms with Gasteiger partial charge >= 0.3 is 6.01 Å². The first-order valence-corrected chi connectivity index (χ1v) is 7.07. The van der Waals surface area contributed by atoms with Gasteiger partial charge in [0.25, 0.3) is 0 Å². The Hall–Kier alpha value is -1.63. The Balaban J connectivity index is 2.73. The maximum atomic E-state index is 5.36. The summed E-state index contributed by atoms with van der Waals surface area (Å²) in [4.78, 5) is 12.8. The van der Waals surface area contributed by atoms with Gasteiger partial charge in [-0.05, 0) is 26.7 Å². The van der Waals surface area contributed by atoms with E-state index in [4.69, 9.17) is 9.47 Å². The van der Waals surface area contributed by atoms with Crippen LogP contribution in [0.15, 0.2) is 0 Å². The molecule has 1 heterocycles. The highest BCUT2D eigenvalue weighted by atomic mass is 16.5. The molecule has 0 bridgehead atoms. The second-order valence-corrected chi connectivity index (χ2v) is 4.45. The molecule has 2 N–H and O–H groups in total. The Morgan fingerprint density at radius 2 is 1.90 bits per heavy atom. The van der Waals surface area contributed by atoms with Gasteiger partial charge in [-0.2, -0.15) is 15.0 Å². The molecular formula is C13H25N5O2. The number of rotatable bonds is 10. The van der Waals surface area contributed by atoms with Crippen LogP contribution >= 0.6 is 0 Å². The smallest absolute Gasteiger partial charge is 0.323 e. The summed E-state index contributed by atoms with van der Waals surface area (Å²) in [5, 5.41) is 6.37. The predicted molar refractivity (Wildman–Crippen MR) is 79.4 cm³/mol. The third kappa shape index (κ3) is 6.01. The standard InChI is InChI=1S/C13H25N5O2/c1-5-8-14-11-16-12(15-10(3)7-9-19-4)18-13(17-11)20-6-2/h10H,5-9H2,1-4H3,(H2,14,15,16,17,18). The van der Waals surface area contributed by atoms with Crippen LogP contribution in [0.5, 0.6) is 6.01 Å². The second kappa shape index (κ2) is 9.30. The average Bonchev–Trinajstić information content (AvgIpc) is 2.43. The van der Waals surface area contributed by atoms with Crippen LogP contribution in [-0.4, -0.2) is 47.9 Å². The lowest BCUT2D eigenvalue weighted by Crippen LogP contribution is -2.20. The van der Waals surface area contributed by atoms with E-state index in [0.29, 0.717) is 31.1 Å². The van der Waals surface area contributed by atoms with Crippen molar-refractivity contribution in [2.24, 2.45) is 0 Å². The fourth-order valence-electron chi connectivity index (χ4n) is 1.52. The van der Waals surface area contributed by atoms with Crippen LogP contribution in [0.2, 0.25) is 0 Å². The van der Waals surface area contributed by atoms with E-state index in [1.54, 1.807) is 7.11 Å². The van der Waals surface area contributed by atoms with Crippen LogP contribution in [-0.2, 0) is 4.74 Å². The minimum absolute atomic E-state index is 0.214. The van der Waals surface area contributed by atoms with Crippen molar-refractivity contribution in [1.29, 1.82) is 0 Å². The molecule has 20 heavy (non-hydrogen) atoms. The first-order chi connectivity index (χ1) is 9.69. The summed E-state index contributed by atoms with van der Waals surface area (Å²) >= 11 is 0. The van der Waals surface area contributed by atoms with Crippen LogP contribution in [0, 0.1) is 0 Å². The molecule has 0 radical (unpaired) electrons. The summed E-state index contributed by atoms with van der Waals surface area (Å²) in [7, 11) is 1.69. The number of hydrogen-bond donors (Lipinski definition) is 2. The van der Waals surface area contributed by atoms with Gasteiger partial charge in [-0.3, -0.25) is 0 Å². The highest BCUT2D eigenvalue weighted by Crippen LogP contribution is 2.12. The highest BCUT2D eigenvalue weighted by molar-refractivity contribution is 5.36. The minimum atomic E-state index is 0.214. The Bertz CT molecular complexity index is 389. The minimum Gasteiger partial charge on any atom is -0.464 e. The molecule has 1 rings (SSSR count). The summed E-state index contributed by atoms with van der Waals surface area (Å²) < 4.78 is 10.4. The van der Waals surface area contributed by atoms with Gasteiger partial charge in [-0.25, -0.2) is 0 Å². The quantitative estimate of drug-likeness (QED) is 0.679. The van der Waals surface area contributed by atoms with Gasteiger partial charge in [0.2, 0.25) is 11.9 Å². The van der Waals surface area contributed by atoms with Gasteiger partial charge in [-0.15, -0.1) is 0 Å². The van der Waals surface area contributed by atoms with Crippen molar-refractivity contribution in [2.75, 3.05) is 37.5 Å². The first-order valence-electron chi connectivity index (χ1n) is 7.07. The Morgan fingerprint density at radius 3 is 2.55 bits per heavy atom. The zero-order valence-electron chi connectivity index (χ0n) is 12.8. The van der Waals surface area contributed by atoms with Crippen LogP contribution in [0.25, 0.3) is 0 Å². The summed E-state index contributed by atoms with van der Waals surface area (Å²) in [6.07, 6.45) is 1.88. The third-order valence-corrected chi connectivity index (χ3v) is 2.55. The van der Waals surface area contributed by atoms with E-state index in [2.05, 4.69) is 39.4 Å². The average molecular weight is 283 g/mol. The van der Waals surface area contributed by atoms with Crippen LogP contribution < -0.4 is 15.4 Å². The predicted octanol–water partition coefficient (Wildman–Crippen LogP) is 1.93. The number of anilines is 2. The molecule has 0 fully saturated rings.